The topological polar surface area (TPSA) is 105 Å². The molecule has 0 bridgehead atoms. The van der Waals surface area contributed by atoms with Crippen molar-refractivity contribution in [2.45, 2.75) is 6.54 Å². The number of amides is 1. The number of rotatable bonds is 4. The van der Waals surface area contributed by atoms with Crippen molar-refractivity contribution in [2.24, 2.45) is 0 Å². The Kier molecular flexibility index (Phi) is 3.77. The van der Waals surface area contributed by atoms with Gasteiger partial charge in [-0.1, -0.05) is 0 Å². The van der Waals surface area contributed by atoms with Crippen molar-refractivity contribution in [3.63, 3.8) is 0 Å². The Bertz CT molecular complexity index is 584. The molecule has 2 aromatic heterocycles. The summed E-state index contributed by atoms with van der Waals surface area (Å²) < 4.78 is 0. The molecule has 0 aliphatic carbocycles. The average Bonchev–Trinajstić information content (AvgIpc) is 2.46. The van der Waals surface area contributed by atoms with Crippen molar-refractivity contribution in [3.05, 3.63) is 53.6 Å². The molecule has 0 aliphatic heterocycles. The Labute approximate surface area is 108 Å². The van der Waals surface area contributed by atoms with Crippen LogP contribution in [0.1, 0.15) is 26.5 Å². The van der Waals surface area contributed by atoms with E-state index in [-0.39, 0.29) is 23.7 Å². The zero-order chi connectivity index (χ0) is 13.7. The van der Waals surface area contributed by atoms with Gasteiger partial charge in [-0.3, -0.25) is 4.79 Å². The zero-order valence-electron chi connectivity index (χ0n) is 9.78. The molecular formula is C12H10N4O3. The highest BCUT2D eigenvalue weighted by molar-refractivity contribution is 5.94. The van der Waals surface area contributed by atoms with Gasteiger partial charge in [0.2, 0.25) is 0 Å². The average molecular weight is 258 g/mol. The van der Waals surface area contributed by atoms with E-state index in [0.717, 1.165) is 0 Å². The minimum absolute atomic E-state index is 0.106. The van der Waals surface area contributed by atoms with Crippen molar-refractivity contribution < 1.29 is 14.7 Å². The third-order valence-electron chi connectivity index (χ3n) is 2.30. The first-order valence-electron chi connectivity index (χ1n) is 5.41. The largest absolute Gasteiger partial charge is 0.477 e. The van der Waals surface area contributed by atoms with Gasteiger partial charge in [-0.15, -0.1) is 0 Å². The number of hydrogen-bond donors (Lipinski definition) is 2. The zero-order valence-corrected chi connectivity index (χ0v) is 9.78. The third-order valence-corrected chi connectivity index (χ3v) is 2.30. The van der Waals surface area contributed by atoms with Gasteiger partial charge in [0, 0.05) is 12.4 Å². The van der Waals surface area contributed by atoms with Crippen molar-refractivity contribution in [3.8, 4) is 0 Å². The molecule has 2 aromatic rings. The molecule has 2 heterocycles. The van der Waals surface area contributed by atoms with Gasteiger partial charge in [-0.2, -0.15) is 10.2 Å². The molecule has 0 radical (unpaired) electrons. The summed E-state index contributed by atoms with van der Waals surface area (Å²) in [5.74, 6) is -1.48. The van der Waals surface area contributed by atoms with E-state index in [2.05, 4.69) is 20.5 Å². The number of hydrogen-bond acceptors (Lipinski definition) is 5. The summed E-state index contributed by atoms with van der Waals surface area (Å²) in [6.07, 6.45) is 2.76. The fraction of sp³-hybridized carbons (Fsp3) is 0.0833. The van der Waals surface area contributed by atoms with Crippen molar-refractivity contribution in [1.29, 1.82) is 0 Å². The van der Waals surface area contributed by atoms with E-state index in [9.17, 15) is 9.59 Å². The van der Waals surface area contributed by atoms with Crippen LogP contribution >= 0.6 is 0 Å². The molecule has 0 saturated carbocycles. The molecule has 2 N–H and O–H groups in total. The highest BCUT2D eigenvalue weighted by Gasteiger charge is 2.09. The summed E-state index contributed by atoms with van der Waals surface area (Å²) >= 11 is 0. The van der Waals surface area contributed by atoms with E-state index in [1.54, 1.807) is 18.3 Å². The molecule has 0 saturated heterocycles. The number of nitrogens with zero attached hydrogens (tertiary/aromatic N) is 3. The lowest BCUT2D eigenvalue weighted by Crippen LogP contribution is -2.23. The van der Waals surface area contributed by atoms with Gasteiger partial charge in [-0.25, -0.2) is 9.78 Å². The fourth-order valence-electron chi connectivity index (χ4n) is 1.36. The van der Waals surface area contributed by atoms with Crippen LogP contribution in [0.15, 0.2) is 36.7 Å². The molecule has 0 aromatic carbocycles. The van der Waals surface area contributed by atoms with E-state index in [1.807, 2.05) is 0 Å². The summed E-state index contributed by atoms with van der Waals surface area (Å²) in [7, 11) is 0. The molecule has 7 heteroatoms. The number of carboxylic acids is 1. The van der Waals surface area contributed by atoms with Gasteiger partial charge >= 0.3 is 5.97 Å². The highest BCUT2D eigenvalue weighted by Crippen LogP contribution is 2.01. The van der Waals surface area contributed by atoms with Crippen LogP contribution in [0.5, 0.6) is 0 Å². The minimum atomic E-state index is -1.13. The molecule has 96 valence electrons. The van der Waals surface area contributed by atoms with E-state index in [1.165, 1.54) is 18.3 Å². The van der Waals surface area contributed by atoms with Gasteiger partial charge in [0.15, 0.2) is 0 Å². The van der Waals surface area contributed by atoms with Crippen LogP contribution in [0.4, 0.5) is 0 Å². The van der Waals surface area contributed by atoms with Gasteiger partial charge in [-0.05, 0) is 24.3 Å². The first kappa shape index (κ1) is 12.6. The maximum atomic E-state index is 11.8. The second-order valence-electron chi connectivity index (χ2n) is 3.63. The second-order valence-corrected chi connectivity index (χ2v) is 3.63. The van der Waals surface area contributed by atoms with Gasteiger partial charge in [0.1, 0.15) is 5.69 Å². The van der Waals surface area contributed by atoms with E-state index < -0.39 is 5.97 Å². The number of carbonyl (C=O) groups excluding carboxylic acids is 1. The lowest BCUT2D eigenvalue weighted by molar-refractivity contribution is 0.0689. The first-order chi connectivity index (χ1) is 9.16. The Morgan fingerprint density at radius 3 is 2.68 bits per heavy atom. The molecule has 1 amide bonds. The summed E-state index contributed by atoms with van der Waals surface area (Å²) in [4.78, 5) is 26.0. The lowest BCUT2D eigenvalue weighted by Gasteiger charge is -2.04. The lowest BCUT2D eigenvalue weighted by atomic mass is 10.2. The summed E-state index contributed by atoms with van der Waals surface area (Å²) in [5, 5.41) is 18.8. The molecule has 0 aliphatic rings. The van der Waals surface area contributed by atoms with Gasteiger partial charge < -0.3 is 10.4 Å². The maximum absolute atomic E-state index is 11.8. The SMILES string of the molecule is O=C(NCc1cccnn1)c1ccc(C(=O)O)nc1. The predicted octanol–water partition coefficient (Wildman–Crippen LogP) is 0.500. The molecule has 19 heavy (non-hydrogen) atoms. The Balaban J connectivity index is 1.98. The molecule has 2 rings (SSSR count). The van der Waals surface area contributed by atoms with Crippen LogP contribution in [-0.2, 0) is 6.54 Å². The first-order valence-corrected chi connectivity index (χ1v) is 5.41. The smallest absolute Gasteiger partial charge is 0.354 e. The Hall–Kier alpha value is -2.83. The quantitative estimate of drug-likeness (QED) is 0.827. The Morgan fingerprint density at radius 1 is 1.26 bits per heavy atom. The number of pyridine rings is 1. The van der Waals surface area contributed by atoms with Crippen LogP contribution in [0, 0.1) is 0 Å². The molecule has 0 atom stereocenters. The molecular weight excluding hydrogens is 248 g/mol. The van der Waals surface area contributed by atoms with Crippen molar-refractivity contribution >= 4 is 11.9 Å². The fourth-order valence-corrected chi connectivity index (χ4v) is 1.36. The minimum Gasteiger partial charge on any atom is -0.477 e. The molecule has 7 nitrogen and oxygen atoms in total. The van der Waals surface area contributed by atoms with Gasteiger partial charge in [0.05, 0.1) is 17.8 Å². The summed E-state index contributed by atoms with van der Waals surface area (Å²) in [5.41, 5.74) is 0.810. The van der Waals surface area contributed by atoms with E-state index in [4.69, 9.17) is 5.11 Å². The number of nitrogens with one attached hydrogen (secondary N) is 1. The predicted molar refractivity (Wildman–Crippen MR) is 64.4 cm³/mol. The van der Waals surface area contributed by atoms with E-state index in [0.29, 0.717) is 5.69 Å². The number of carbonyl (C=O) groups is 2. The standard InChI is InChI=1S/C12H10N4O3/c17-11(14-7-9-2-1-5-15-16-9)8-3-4-10(12(18)19)13-6-8/h1-6H,7H2,(H,14,17)(H,18,19). The van der Waals surface area contributed by atoms with Crippen LogP contribution in [0.3, 0.4) is 0 Å². The summed E-state index contributed by atoms with van der Waals surface area (Å²) in [6.45, 7) is 0.243. The highest BCUT2D eigenvalue weighted by atomic mass is 16.4. The molecule has 0 unspecified atom stereocenters. The monoisotopic (exact) mass is 258 g/mol. The van der Waals surface area contributed by atoms with E-state index >= 15 is 0 Å². The van der Waals surface area contributed by atoms with Crippen LogP contribution in [0.25, 0.3) is 0 Å². The second kappa shape index (κ2) is 5.67. The summed E-state index contributed by atoms with van der Waals surface area (Å²) in [6, 6.07) is 6.14. The number of aromatic carboxylic acids is 1. The van der Waals surface area contributed by atoms with Crippen LogP contribution < -0.4 is 5.32 Å². The van der Waals surface area contributed by atoms with Gasteiger partial charge in [0.25, 0.3) is 5.91 Å². The molecule has 0 fully saturated rings. The number of carboxylic acid groups (broad SMARTS) is 1. The number of aromatic nitrogens is 3. The van der Waals surface area contributed by atoms with Crippen molar-refractivity contribution in [2.75, 3.05) is 0 Å². The Morgan fingerprint density at radius 2 is 2.11 bits per heavy atom. The van der Waals surface area contributed by atoms with Crippen molar-refractivity contribution in [1.82, 2.24) is 20.5 Å². The van der Waals surface area contributed by atoms with Crippen LogP contribution in [0.2, 0.25) is 0 Å². The normalized spacial score (nSPS) is 9.89. The van der Waals surface area contributed by atoms with Crippen LogP contribution in [-0.4, -0.2) is 32.2 Å². The third kappa shape index (κ3) is 3.32. The molecule has 0 spiro atoms. The maximum Gasteiger partial charge on any atom is 0.354 e.